The highest BCUT2D eigenvalue weighted by atomic mass is 32.2. The van der Waals surface area contributed by atoms with Gasteiger partial charge in [0.15, 0.2) is 0 Å². The minimum absolute atomic E-state index is 0.00757. The van der Waals surface area contributed by atoms with Gasteiger partial charge in [-0.15, -0.1) is 0 Å². The molecule has 0 N–H and O–H groups in total. The highest BCUT2D eigenvalue weighted by Gasteiger charge is 2.35. The maximum Gasteiger partial charge on any atom is 0.471 e. The zero-order valence-corrected chi connectivity index (χ0v) is 11.3. The Bertz CT molecular complexity index is 547. The first-order valence-corrected chi connectivity index (χ1v) is 6.74. The van der Waals surface area contributed by atoms with E-state index < -0.39 is 22.1 Å². The quantitative estimate of drug-likeness (QED) is 0.784. The van der Waals surface area contributed by atoms with Crippen LogP contribution in [0.2, 0.25) is 0 Å². The van der Waals surface area contributed by atoms with Crippen LogP contribution in [0.4, 0.5) is 13.2 Å². The number of alkyl halides is 3. The SMILES string of the molecule is COc1ccc(C(C#N)=NCCS(=O)C(F)(F)F)cc1. The Balaban J connectivity index is 2.73. The van der Waals surface area contributed by atoms with Crippen molar-refractivity contribution in [2.75, 3.05) is 19.4 Å². The topological polar surface area (TPSA) is 62.4 Å². The number of aliphatic imine (C=N–C) groups is 1. The minimum Gasteiger partial charge on any atom is -0.497 e. The summed E-state index contributed by atoms with van der Waals surface area (Å²) in [6, 6.07) is 8.15. The number of ether oxygens (including phenoxy) is 1. The van der Waals surface area contributed by atoms with Gasteiger partial charge in [-0.25, -0.2) is 0 Å². The summed E-state index contributed by atoms with van der Waals surface area (Å²) in [6.45, 7) is -0.332. The van der Waals surface area contributed by atoms with Crippen molar-refractivity contribution in [2.45, 2.75) is 5.51 Å². The molecule has 20 heavy (non-hydrogen) atoms. The van der Waals surface area contributed by atoms with E-state index in [0.717, 1.165) is 0 Å². The molecule has 1 unspecified atom stereocenters. The van der Waals surface area contributed by atoms with Gasteiger partial charge in [0.25, 0.3) is 0 Å². The van der Waals surface area contributed by atoms with E-state index >= 15 is 0 Å². The molecule has 0 saturated heterocycles. The molecule has 0 spiro atoms. The number of rotatable bonds is 5. The fourth-order valence-corrected chi connectivity index (χ4v) is 1.78. The zero-order chi connectivity index (χ0) is 15.2. The average Bonchev–Trinajstić information content (AvgIpc) is 2.42. The molecular formula is C12H11F3N2O2S. The maximum absolute atomic E-state index is 12.0. The van der Waals surface area contributed by atoms with Gasteiger partial charge in [-0.1, -0.05) is 0 Å². The molecule has 1 aromatic rings. The molecule has 0 saturated carbocycles. The standard InChI is InChI=1S/C12H11F3N2O2S/c1-19-10-4-2-9(3-5-10)11(8-16)17-6-7-20(18)12(13,14)15/h2-5H,6-7H2,1H3. The lowest BCUT2D eigenvalue weighted by molar-refractivity contribution is -0.0383. The molecule has 0 heterocycles. The van der Waals surface area contributed by atoms with Gasteiger partial charge in [0.1, 0.15) is 28.3 Å². The molecule has 0 aliphatic carbocycles. The monoisotopic (exact) mass is 304 g/mol. The first-order chi connectivity index (χ1) is 9.38. The number of nitriles is 1. The van der Waals surface area contributed by atoms with E-state index in [4.69, 9.17) is 10.00 Å². The molecule has 0 aliphatic heterocycles. The van der Waals surface area contributed by atoms with Gasteiger partial charge in [0.2, 0.25) is 0 Å². The Morgan fingerprint density at radius 3 is 2.45 bits per heavy atom. The fourth-order valence-electron chi connectivity index (χ4n) is 1.30. The van der Waals surface area contributed by atoms with Crippen molar-refractivity contribution in [1.82, 2.24) is 0 Å². The van der Waals surface area contributed by atoms with Crippen molar-refractivity contribution in [2.24, 2.45) is 4.99 Å². The van der Waals surface area contributed by atoms with Gasteiger partial charge in [0, 0.05) is 5.56 Å². The summed E-state index contributed by atoms with van der Waals surface area (Å²) in [5.74, 6) is -0.0746. The van der Waals surface area contributed by atoms with Gasteiger partial charge >= 0.3 is 5.51 Å². The van der Waals surface area contributed by atoms with Gasteiger partial charge in [-0.05, 0) is 24.3 Å². The molecule has 0 fully saturated rings. The predicted molar refractivity (Wildman–Crippen MR) is 69.1 cm³/mol. The second-order valence-corrected chi connectivity index (χ2v) is 5.13. The number of halogens is 3. The smallest absolute Gasteiger partial charge is 0.471 e. The first kappa shape index (κ1) is 16.2. The lowest BCUT2D eigenvalue weighted by Gasteiger charge is -2.04. The maximum atomic E-state index is 12.0. The summed E-state index contributed by atoms with van der Waals surface area (Å²) in [4.78, 5) is 3.74. The number of nitrogens with zero attached hydrogens (tertiary/aromatic N) is 2. The van der Waals surface area contributed by atoms with Crippen molar-refractivity contribution in [3.63, 3.8) is 0 Å². The van der Waals surface area contributed by atoms with Crippen LogP contribution in [0.25, 0.3) is 0 Å². The molecule has 1 rings (SSSR count). The Morgan fingerprint density at radius 2 is 2.00 bits per heavy atom. The third-order valence-corrected chi connectivity index (χ3v) is 3.34. The second-order valence-electron chi connectivity index (χ2n) is 3.57. The fraction of sp³-hybridized carbons (Fsp3) is 0.333. The van der Waals surface area contributed by atoms with Crippen molar-refractivity contribution >= 4 is 16.5 Å². The molecule has 1 aromatic carbocycles. The number of benzene rings is 1. The van der Waals surface area contributed by atoms with Crippen molar-refractivity contribution in [1.29, 1.82) is 5.26 Å². The van der Waals surface area contributed by atoms with E-state index in [1.165, 1.54) is 7.11 Å². The molecule has 0 aromatic heterocycles. The van der Waals surface area contributed by atoms with Crippen LogP contribution < -0.4 is 4.74 Å². The van der Waals surface area contributed by atoms with E-state index in [9.17, 15) is 17.4 Å². The van der Waals surface area contributed by atoms with Crippen molar-refractivity contribution in [3.8, 4) is 11.8 Å². The molecule has 0 aliphatic rings. The lowest BCUT2D eigenvalue weighted by atomic mass is 10.1. The van der Waals surface area contributed by atoms with Crippen LogP contribution in [-0.4, -0.2) is 34.8 Å². The summed E-state index contributed by atoms with van der Waals surface area (Å²) >= 11 is 0. The van der Waals surface area contributed by atoms with Gasteiger partial charge in [-0.2, -0.15) is 18.4 Å². The zero-order valence-electron chi connectivity index (χ0n) is 10.5. The van der Waals surface area contributed by atoms with E-state index in [1.54, 1.807) is 30.3 Å². The molecular weight excluding hydrogens is 293 g/mol. The van der Waals surface area contributed by atoms with E-state index in [1.807, 2.05) is 0 Å². The Hall–Kier alpha value is -1.88. The second kappa shape index (κ2) is 7.05. The molecule has 8 heteroatoms. The number of hydrogen-bond donors (Lipinski definition) is 0. The lowest BCUT2D eigenvalue weighted by Crippen LogP contribution is -2.20. The van der Waals surface area contributed by atoms with Crippen LogP contribution in [0.3, 0.4) is 0 Å². The molecule has 1 atom stereocenters. The summed E-state index contributed by atoms with van der Waals surface area (Å²) in [5, 5.41) is 8.92. The number of hydrogen-bond acceptors (Lipinski definition) is 4. The molecule has 0 amide bonds. The van der Waals surface area contributed by atoms with Gasteiger partial charge < -0.3 is 4.74 Å². The third-order valence-electron chi connectivity index (χ3n) is 2.27. The predicted octanol–water partition coefficient (Wildman–Crippen LogP) is 2.28. The van der Waals surface area contributed by atoms with Crippen molar-refractivity contribution in [3.05, 3.63) is 29.8 Å². The summed E-state index contributed by atoms with van der Waals surface area (Å²) in [7, 11) is -1.47. The first-order valence-electron chi connectivity index (χ1n) is 5.42. The van der Waals surface area contributed by atoms with Crippen LogP contribution >= 0.6 is 0 Å². The highest BCUT2D eigenvalue weighted by molar-refractivity contribution is 7.85. The van der Waals surface area contributed by atoms with E-state index in [0.29, 0.717) is 11.3 Å². The van der Waals surface area contributed by atoms with Crippen LogP contribution in [0.15, 0.2) is 29.3 Å². The summed E-state index contributed by atoms with van der Waals surface area (Å²) < 4.78 is 51.8. The average molecular weight is 304 g/mol. The van der Waals surface area contributed by atoms with E-state index in [2.05, 4.69) is 4.99 Å². The largest absolute Gasteiger partial charge is 0.497 e. The molecule has 0 bridgehead atoms. The summed E-state index contributed by atoms with van der Waals surface area (Å²) in [5.41, 5.74) is -4.29. The van der Waals surface area contributed by atoms with E-state index in [-0.39, 0.29) is 12.3 Å². The van der Waals surface area contributed by atoms with Gasteiger partial charge in [0.05, 0.1) is 19.4 Å². The Labute approximate surface area is 116 Å². The highest BCUT2D eigenvalue weighted by Crippen LogP contribution is 2.19. The van der Waals surface area contributed by atoms with Crippen LogP contribution in [0.5, 0.6) is 5.75 Å². The minimum atomic E-state index is -4.75. The van der Waals surface area contributed by atoms with Crippen LogP contribution in [-0.2, 0) is 10.8 Å². The molecule has 108 valence electrons. The Morgan fingerprint density at radius 1 is 1.40 bits per heavy atom. The van der Waals surface area contributed by atoms with Crippen LogP contribution in [0, 0.1) is 11.3 Å². The third kappa shape index (κ3) is 4.66. The Kier molecular flexibility index (Phi) is 5.70. The molecule has 0 radical (unpaired) electrons. The number of methoxy groups -OCH3 is 1. The van der Waals surface area contributed by atoms with Gasteiger partial charge in [-0.3, -0.25) is 9.20 Å². The summed E-state index contributed by atoms with van der Waals surface area (Å²) in [6.07, 6.45) is 0. The van der Waals surface area contributed by atoms with Crippen LogP contribution in [0.1, 0.15) is 5.56 Å². The normalized spacial score (nSPS) is 13.7. The van der Waals surface area contributed by atoms with Crippen molar-refractivity contribution < 1.29 is 22.1 Å². The molecule has 4 nitrogen and oxygen atoms in total.